The van der Waals surface area contributed by atoms with Crippen molar-refractivity contribution in [2.75, 3.05) is 18.4 Å². The van der Waals surface area contributed by atoms with Crippen molar-refractivity contribution < 1.29 is 13.3 Å². The van der Waals surface area contributed by atoms with Gasteiger partial charge >= 0.3 is 0 Å². The van der Waals surface area contributed by atoms with Crippen molar-refractivity contribution >= 4 is 33.0 Å². The molecule has 0 amide bonds. The van der Waals surface area contributed by atoms with Gasteiger partial charge in [0.2, 0.25) is 10.0 Å². The number of hydrogen-bond donors (Lipinski definition) is 2. The SMILES string of the molecule is O=[N+]([O-])c1ccc(NCCNS(=O)(=O)Cc2ccccc2)c(Cl)c1. The first-order valence-electron chi connectivity index (χ1n) is 7.06. The predicted octanol–water partition coefficient (Wildman–Crippen LogP) is 2.78. The molecule has 0 bridgehead atoms. The Labute approximate surface area is 144 Å². The number of halogens is 1. The highest BCUT2D eigenvalue weighted by Crippen LogP contribution is 2.26. The summed E-state index contributed by atoms with van der Waals surface area (Å²) < 4.78 is 26.4. The molecule has 9 heteroatoms. The standard InChI is InChI=1S/C15H16ClN3O4S/c16-14-10-13(19(20)21)6-7-15(14)17-8-9-18-24(22,23)11-12-4-2-1-3-5-12/h1-7,10,17-18H,8-9,11H2. The number of anilines is 1. The number of nitrogens with one attached hydrogen (secondary N) is 2. The summed E-state index contributed by atoms with van der Waals surface area (Å²) >= 11 is 5.94. The van der Waals surface area contributed by atoms with Crippen molar-refractivity contribution in [3.05, 3.63) is 69.2 Å². The van der Waals surface area contributed by atoms with Crippen LogP contribution in [-0.4, -0.2) is 26.4 Å². The van der Waals surface area contributed by atoms with Crippen LogP contribution in [0.5, 0.6) is 0 Å². The predicted molar refractivity (Wildman–Crippen MR) is 93.7 cm³/mol. The third-order valence-corrected chi connectivity index (χ3v) is 4.80. The van der Waals surface area contributed by atoms with Crippen LogP contribution < -0.4 is 10.0 Å². The van der Waals surface area contributed by atoms with Gasteiger partial charge in [0.15, 0.2) is 0 Å². The molecule has 0 unspecified atom stereocenters. The normalized spacial score (nSPS) is 11.2. The Balaban J connectivity index is 1.83. The summed E-state index contributed by atoms with van der Waals surface area (Å²) in [5.41, 5.74) is 1.11. The van der Waals surface area contributed by atoms with E-state index in [1.165, 1.54) is 18.2 Å². The van der Waals surface area contributed by atoms with Crippen LogP contribution in [0.25, 0.3) is 0 Å². The van der Waals surface area contributed by atoms with Gasteiger partial charge in [0.05, 0.1) is 21.4 Å². The molecule has 2 aromatic carbocycles. The second-order valence-corrected chi connectivity index (χ2v) is 7.20. The lowest BCUT2D eigenvalue weighted by Gasteiger charge is -2.10. The average Bonchev–Trinajstić information content (AvgIpc) is 2.53. The molecule has 24 heavy (non-hydrogen) atoms. The van der Waals surface area contributed by atoms with E-state index in [9.17, 15) is 18.5 Å². The number of nitrogens with zero attached hydrogens (tertiary/aromatic N) is 1. The maximum absolute atomic E-state index is 12.0. The summed E-state index contributed by atoms with van der Waals surface area (Å²) in [5.74, 6) is -0.0911. The Bertz CT molecular complexity index is 813. The maximum atomic E-state index is 12.0. The van der Waals surface area contributed by atoms with Gasteiger partial charge in [-0.1, -0.05) is 41.9 Å². The first-order chi connectivity index (χ1) is 11.4. The fourth-order valence-corrected chi connectivity index (χ4v) is 3.40. The lowest BCUT2D eigenvalue weighted by molar-refractivity contribution is -0.384. The molecule has 0 aliphatic rings. The topological polar surface area (TPSA) is 101 Å². The smallest absolute Gasteiger partial charge is 0.271 e. The molecular weight excluding hydrogens is 354 g/mol. The highest BCUT2D eigenvalue weighted by atomic mass is 35.5. The van der Waals surface area contributed by atoms with E-state index in [2.05, 4.69) is 10.0 Å². The number of nitro groups is 1. The Morgan fingerprint density at radius 3 is 2.42 bits per heavy atom. The molecule has 2 rings (SSSR count). The van der Waals surface area contributed by atoms with Crippen molar-refractivity contribution in [3.8, 4) is 0 Å². The Kier molecular flexibility index (Phi) is 6.13. The van der Waals surface area contributed by atoms with Crippen LogP contribution in [-0.2, 0) is 15.8 Å². The minimum Gasteiger partial charge on any atom is -0.383 e. The van der Waals surface area contributed by atoms with Crippen LogP contribution >= 0.6 is 11.6 Å². The summed E-state index contributed by atoms with van der Waals surface area (Å²) in [6, 6.07) is 12.9. The minimum atomic E-state index is -3.43. The van der Waals surface area contributed by atoms with Crippen molar-refractivity contribution in [2.24, 2.45) is 0 Å². The molecule has 0 atom stereocenters. The van der Waals surface area contributed by atoms with E-state index < -0.39 is 14.9 Å². The zero-order valence-electron chi connectivity index (χ0n) is 12.6. The van der Waals surface area contributed by atoms with Gasteiger partial charge in [0, 0.05) is 25.2 Å². The molecule has 0 saturated heterocycles. The summed E-state index contributed by atoms with van der Waals surface area (Å²) in [5, 5.41) is 13.8. The zero-order chi connectivity index (χ0) is 17.6. The van der Waals surface area contributed by atoms with Crippen molar-refractivity contribution in [1.29, 1.82) is 0 Å². The summed E-state index contributed by atoms with van der Waals surface area (Å²) in [4.78, 5) is 10.1. The van der Waals surface area contributed by atoms with E-state index in [1.807, 2.05) is 6.07 Å². The molecular formula is C15H16ClN3O4S. The van der Waals surface area contributed by atoms with Gasteiger partial charge in [0.25, 0.3) is 5.69 Å². The Hall–Kier alpha value is -2.16. The third kappa shape index (κ3) is 5.48. The number of rotatable bonds is 8. The van der Waals surface area contributed by atoms with Crippen LogP contribution in [0.1, 0.15) is 5.56 Å². The quantitative estimate of drug-likeness (QED) is 0.423. The van der Waals surface area contributed by atoms with Crippen molar-refractivity contribution in [3.63, 3.8) is 0 Å². The summed E-state index contributed by atoms with van der Waals surface area (Å²) in [7, 11) is -3.43. The highest BCUT2D eigenvalue weighted by Gasteiger charge is 2.11. The molecule has 0 aliphatic carbocycles. The van der Waals surface area contributed by atoms with Gasteiger partial charge in [-0.05, 0) is 11.6 Å². The molecule has 7 nitrogen and oxygen atoms in total. The first kappa shape index (κ1) is 18.2. The van der Waals surface area contributed by atoms with E-state index in [1.54, 1.807) is 24.3 Å². The number of nitro benzene ring substituents is 1. The highest BCUT2D eigenvalue weighted by molar-refractivity contribution is 7.88. The van der Waals surface area contributed by atoms with E-state index in [-0.39, 0.29) is 23.0 Å². The summed E-state index contributed by atoms with van der Waals surface area (Å²) in [6.07, 6.45) is 0. The molecule has 0 saturated carbocycles. The van der Waals surface area contributed by atoms with Crippen molar-refractivity contribution in [2.45, 2.75) is 5.75 Å². The molecule has 2 aromatic rings. The van der Waals surface area contributed by atoms with E-state index in [4.69, 9.17) is 11.6 Å². The molecule has 0 aromatic heterocycles. The Morgan fingerprint density at radius 1 is 1.08 bits per heavy atom. The molecule has 0 spiro atoms. The van der Waals surface area contributed by atoms with Crippen LogP contribution in [0.4, 0.5) is 11.4 Å². The molecule has 128 valence electrons. The van der Waals surface area contributed by atoms with Crippen LogP contribution in [0.2, 0.25) is 5.02 Å². The fourth-order valence-electron chi connectivity index (χ4n) is 2.01. The third-order valence-electron chi connectivity index (χ3n) is 3.13. The summed E-state index contributed by atoms with van der Waals surface area (Å²) in [6.45, 7) is 0.466. The van der Waals surface area contributed by atoms with Gasteiger partial charge < -0.3 is 5.32 Å². The Morgan fingerprint density at radius 2 is 1.79 bits per heavy atom. The molecule has 0 fully saturated rings. The van der Waals surface area contributed by atoms with Crippen LogP contribution in [0.3, 0.4) is 0 Å². The van der Waals surface area contributed by atoms with Crippen LogP contribution in [0, 0.1) is 10.1 Å². The van der Waals surface area contributed by atoms with E-state index in [0.717, 1.165) is 0 Å². The fraction of sp³-hybridized carbons (Fsp3) is 0.200. The van der Waals surface area contributed by atoms with E-state index in [0.29, 0.717) is 17.8 Å². The largest absolute Gasteiger partial charge is 0.383 e. The monoisotopic (exact) mass is 369 g/mol. The number of benzene rings is 2. The lowest BCUT2D eigenvalue weighted by atomic mass is 10.2. The number of sulfonamides is 1. The minimum absolute atomic E-state index is 0.0911. The van der Waals surface area contributed by atoms with Gasteiger partial charge in [-0.2, -0.15) is 0 Å². The number of hydrogen-bond acceptors (Lipinski definition) is 5. The van der Waals surface area contributed by atoms with Gasteiger partial charge in [-0.15, -0.1) is 0 Å². The molecule has 2 N–H and O–H groups in total. The molecule has 0 aliphatic heterocycles. The number of non-ortho nitro benzene ring substituents is 1. The maximum Gasteiger partial charge on any atom is 0.271 e. The van der Waals surface area contributed by atoms with E-state index >= 15 is 0 Å². The molecule has 0 heterocycles. The van der Waals surface area contributed by atoms with Gasteiger partial charge in [0.1, 0.15) is 0 Å². The molecule has 0 radical (unpaired) electrons. The van der Waals surface area contributed by atoms with Gasteiger partial charge in [-0.25, -0.2) is 13.1 Å². The van der Waals surface area contributed by atoms with Crippen LogP contribution in [0.15, 0.2) is 48.5 Å². The van der Waals surface area contributed by atoms with Gasteiger partial charge in [-0.3, -0.25) is 10.1 Å². The van der Waals surface area contributed by atoms with Crippen molar-refractivity contribution in [1.82, 2.24) is 4.72 Å². The average molecular weight is 370 g/mol. The second-order valence-electron chi connectivity index (χ2n) is 4.99. The first-order valence-corrected chi connectivity index (χ1v) is 9.09. The lowest BCUT2D eigenvalue weighted by Crippen LogP contribution is -2.30. The zero-order valence-corrected chi connectivity index (χ0v) is 14.2. The second kappa shape index (κ2) is 8.09.